The Labute approximate surface area is 143 Å². The number of fused-ring (bicyclic) bond motifs is 1. The van der Waals surface area contributed by atoms with Crippen molar-refractivity contribution in [3.63, 3.8) is 0 Å². The fourth-order valence-electron chi connectivity index (χ4n) is 3.32. The van der Waals surface area contributed by atoms with Gasteiger partial charge in [-0.3, -0.25) is 0 Å². The summed E-state index contributed by atoms with van der Waals surface area (Å²) in [5, 5.41) is 3.45. The van der Waals surface area contributed by atoms with E-state index in [0.717, 1.165) is 5.41 Å². The van der Waals surface area contributed by atoms with Crippen LogP contribution in [0.3, 0.4) is 0 Å². The number of rotatable bonds is 4. The summed E-state index contributed by atoms with van der Waals surface area (Å²) in [6.07, 6.45) is -3.24. The second kappa shape index (κ2) is 6.28. The minimum absolute atomic E-state index is 0.00351. The molecule has 2 heterocycles. The Morgan fingerprint density at radius 1 is 1.36 bits per heavy atom. The lowest BCUT2D eigenvalue weighted by atomic mass is 9.99. The van der Waals surface area contributed by atoms with Gasteiger partial charge < -0.3 is 10.2 Å². The van der Waals surface area contributed by atoms with E-state index in [9.17, 15) is 26.0 Å². The predicted octanol–water partition coefficient (Wildman–Crippen LogP) is 3.22. The van der Waals surface area contributed by atoms with Crippen molar-refractivity contribution >= 4 is 21.1 Å². The third-order valence-corrected chi connectivity index (χ3v) is 6.04. The molecule has 1 fully saturated rings. The van der Waals surface area contributed by atoms with Gasteiger partial charge in [0.25, 0.3) is 5.92 Å². The predicted molar refractivity (Wildman–Crippen MR) is 86.7 cm³/mol. The zero-order valence-corrected chi connectivity index (χ0v) is 14.3. The topological polar surface area (TPSA) is 49.4 Å². The smallest absolute Gasteiger partial charge is 0.280 e. The number of anilines is 1. The molecule has 0 radical (unpaired) electrons. The Bertz CT molecular complexity index is 808. The van der Waals surface area contributed by atoms with Gasteiger partial charge in [-0.15, -0.1) is 0 Å². The number of hydrogen-bond acceptors (Lipinski definition) is 4. The lowest BCUT2D eigenvalue weighted by molar-refractivity contribution is -0.0673. The van der Waals surface area contributed by atoms with Crippen LogP contribution in [0.5, 0.6) is 0 Å². The van der Waals surface area contributed by atoms with Crippen LogP contribution in [0.2, 0.25) is 0 Å². The van der Waals surface area contributed by atoms with Gasteiger partial charge in [-0.2, -0.15) is 0 Å². The van der Waals surface area contributed by atoms with Crippen LogP contribution in [-0.4, -0.2) is 51.8 Å². The van der Waals surface area contributed by atoms with Gasteiger partial charge in [-0.05, 0) is 30.7 Å². The van der Waals surface area contributed by atoms with Gasteiger partial charge >= 0.3 is 0 Å². The molecule has 0 spiro atoms. The maximum absolute atomic E-state index is 14.2. The fourth-order valence-corrected chi connectivity index (χ4v) is 4.97. The fraction of sp³-hybridized carbons (Fsp3) is 0.500. The van der Waals surface area contributed by atoms with Crippen molar-refractivity contribution in [2.45, 2.75) is 36.1 Å². The van der Waals surface area contributed by atoms with Gasteiger partial charge in [0.05, 0.1) is 18.3 Å². The molecule has 3 rings (SSSR count). The molecule has 0 aromatic heterocycles. The Morgan fingerprint density at radius 3 is 2.72 bits per heavy atom. The number of likely N-dealkylation sites (tertiary alicyclic amines) is 1. The van der Waals surface area contributed by atoms with Crippen LogP contribution in [0.15, 0.2) is 28.5 Å². The van der Waals surface area contributed by atoms with Crippen molar-refractivity contribution in [3.05, 3.63) is 29.2 Å². The molecule has 2 aliphatic heterocycles. The van der Waals surface area contributed by atoms with E-state index < -0.39 is 41.2 Å². The van der Waals surface area contributed by atoms with Crippen LogP contribution in [0.4, 0.5) is 23.2 Å². The summed E-state index contributed by atoms with van der Waals surface area (Å²) in [7, 11) is -2.35. The number of allylic oxidation sites excluding steroid dienone is 1. The summed E-state index contributed by atoms with van der Waals surface area (Å²) in [5.41, 5.74) is 0.192. The van der Waals surface area contributed by atoms with Gasteiger partial charge in [-0.25, -0.2) is 26.0 Å². The van der Waals surface area contributed by atoms with Crippen molar-refractivity contribution in [3.8, 4) is 0 Å². The van der Waals surface area contributed by atoms with Gasteiger partial charge in [0, 0.05) is 18.4 Å². The van der Waals surface area contributed by atoms with Gasteiger partial charge in [-0.1, -0.05) is 12.1 Å². The highest BCUT2D eigenvalue weighted by Crippen LogP contribution is 2.42. The van der Waals surface area contributed by atoms with Crippen molar-refractivity contribution in [2.24, 2.45) is 0 Å². The molecule has 1 N–H and O–H groups in total. The molecule has 1 saturated heterocycles. The average Bonchev–Trinajstić information content (AvgIpc) is 2.72. The van der Waals surface area contributed by atoms with E-state index in [1.165, 1.54) is 23.1 Å². The second-order valence-electron chi connectivity index (χ2n) is 6.45. The normalized spacial score (nSPS) is 24.9. The van der Waals surface area contributed by atoms with E-state index in [-0.39, 0.29) is 28.1 Å². The van der Waals surface area contributed by atoms with Crippen LogP contribution in [0.25, 0.3) is 5.57 Å². The number of sulfone groups is 1. The van der Waals surface area contributed by atoms with Crippen LogP contribution in [-0.2, 0) is 9.84 Å². The number of hydrogen-bond donors (Lipinski definition) is 1. The van der Waals surface area contributed by atoms with Gasteiger partial charge in [0.2, 0.25) is 16.3 Å². The molecule has 0 aliphatic carbocycles. The van der Waals surface area contributed by atoms with E-state index in [1.54, 1.807) is 7.05 Å². The lowest BCUT2D eigenvalue weighted by Gasteiger charge is -2.37. The van der Waals surface area contributed by atoms with E-state index in [2.05, 4.69) is 5.32 Å². The Balaban J connectivity index is 1.95. The summed E-state index contributed by atoms with van der Waals surface area (Å²) in [6, 6.07) is 3.08. The molecule has 1 aromatic rings. The molecular weight excluding hydrogens is 360 g/mol. The molecule has 0 saturated carbocycles. The average molecular weight is 378 g/mol. The molecule has 2 aliphatic rings. The third kappa shape index (κ3) is 3.52. The van der Waals surface area contributed by atoms with Gasteiger partial charge in [0.15, 0.2) is 0 Å². The SMILES string of the molecule is CN1CCC(Nc2cccc3c2S(=O)(=O)C=C3CC(F)F)C(F)(F)C1. The van der Waals surface area contributed by atoms with Crippen molar-refractivity contribution in [1.29, 1.82) is 0 Å². The van der Waals surface area contributed by atoms with E-state index in [4.69, 9.17) is 0 Å². The van der Waals surface area contributed by atoms with Crippen molar-refractivity contribution in [1.82, 2.24) is 4.90 Å². The first-order chi connectivity index (χ1) is 11.6. The molecule has 0 amide bonds. The molecule has 4 nitrogen and oxygen atoms in total. The van der Waals surface area contributed by atoms with Gasteiger partial charge in [0.1, 0.15) is 4.90 Å². The lowest BCUT2D eigenvalue weighted by Crippen LogP contribution is -2.53. The minimum atomic E-state index is -3.94. The number of halogens is 4. The first-order valence-electron chi connectivity index (χ1n) is 7.80. The van der Waals surface area contributed by atoms with Crippen molar-refractivity contribution in [2.75, 3.05) is 25.5 Å². The Hall–Kier alpha value is -1.61. The quantitative estimate of drug-likeness (QED) is 0.818. The van der Waals surface area contributed by atoms with Crippen LogP contribution >= 0.6 is 0 Å². The third-order valence-electron chi connectivity index (χ3n) is 4.44. The van der Waals surface area contributed by atoms with E-state index in [1.807, 2.05) is 0 Å². The summed E-state index contributed by atoms with van der Waals surface area (Å²) in [5.74, 6) is -3.03. The number of nitrogens with zero attached hydrogens (tertiary/aromatic N) is 1. The van der Waals surface area contributed by atoms with Crippen molar-refractivity contribution < 1.29 is 26.0 Å². The molecule has 9 heteroatoms. The standard InChI is InChI=1S/C16H18F4N2O2S/c1-22-6-5-13(16(19,20)9-22)21-12-4-2-3-11-10(7-14(17)18)8-25(23,24)15(11)12/h2-4,8,13-14,21H,5-7,9H2,1H3. The van der Waals surface area contributed by atoms with E-state index >= 15 is 0 Å². The Kier molecular flexibility index (Phi) is 4.57. The van der Waals surface area contributed by atoms with Crippen LogP contribution in [0.1, 0.15) is 18.4 Å². The first kappa shape index (κ1) is 18.2. The zero-order chi connectivity index (χ0) is 18.4. The zero-order valence-electron chi connectivity index (χ0n) is 13.5. The monoisotopic (exact) mass is 378 g/mol. The maximum Gasteiger partial charge on any atom is 0.280 e. The highest BCUT2D eigenvalue weighted by Gasteiger charge is 2.44. The highest BCUT2D eigenvalue weighted by atomic mass is 32.2. The molecule has 25 heavy (non-hydrogen) atoms. The number of alkyl halides is 4. The molecule has 1 unspecified atom stereocenters. The first-order valence-corrected chi connectivity index (χ1v) is 9.35. The number of piperidine rings is 1. The van der Waals surface area contributed by atoms with Crippen LogP contribution in [0, 0.1) is 0 Å². The summed E-state index contributed by atoms with van der Waals surface area (Å²) in [4.78, 5) is 1.31. The molecule has 138 valence electrons. The molecular formula is C16H18F4N2O2S. The maximum atomic E-state index is 14.2. The molecule has 1 atom stereocenters. The number of nitrogens with one attached hydrogen (secondary N) is 1. The summed E-state index contributed by atoms with van der Waals surface area (Å²) in [6.45, 7) is 0.0191. The largest absolute Gasteiger partial charge is 0.375 e. The minimum Gasteiger partial charge on any atom is -0.375 e. The van der Waals surface area contributed by atoms with E-state index in [0.29, 0.717) is 6.54 Å². The Morgan fingerprint density at radius 2 is 2.08 bits per heavy atom. The molecule has 1 aromatic carbocycles. The summed E-state index contributed by atoms with van der Waals surface area (Å²) >= 11 is 0. The number of benzene rings is 1. The highest BCUT2D eigenvalue weighted by molar-refractivity contribution is 7.95. The molecule has 0 bridgehead atoms. The van der Waals surface area contributed by atoms with Crippen LogP contribution < -0.4 is 5.32 Å². The second-order valence-corrected chi connectivity index (χ2v) is 8.18. The summed E-state index contributed by atoms with van der Waals surface area (Å²) < 4.78 is 78.6.